The standard InChI is InChI=1S/C23H29N9O2/c1-4-31-20(9-14(2)29-31)23-26-22(27-28-23)17-10-16(21(24)33)11-19-18(17)12-25-32(19)15(3)13-30-5-7-34-8-6-30/h9-12,15H,4-8,13H2,1-3H3,(H2,24,33)(H,26,27,28)/t15-/m1/s1. The Morgan fingerprint density at radius 1 is 1.26 bits per heavy atom. The molecule has 4 heterocycles. The lowest BCUT2D eigenvalue weighted by atomic mass is 10.0. The fraction of sp³-hybridized carbons (Fsp3) is 0.435. The van der Waals surface area contributed by atoms with E-state index in [2.05, 4.69) is 32.2 Å². The summed E-state index contributed by atoms with van der Waals surface area (Å²) in [6, 6.07) is 5.59. The Morgan fingerprint density at radius 2 is 2.06 bits per heavy atom. The molecule has 1 aromatic carbocycles. The molecule has 1 atom stereocenters. The first-order chi connectivity index (χ1) is 16.4. The second kappa shape index (κ2) is 8.99. The normalized spacial score (nSPS) is 15.7. The molecule has 1 aliphatic rings. The highest BCUT2D eigenvalue weighted by Gasteiger charge is 2.21. The second-order valence-corrected chi connectivity index (χ2v) is 8.67. The van der Waals surface area contributed by atoms with E-state index in [0.29, 0.717) is 29.3 Å². The zero-order valence-corrected chi connectivity index (χ0v) is 19.7. The number of ether oxygens (including phenoxy) is 1. The Hall–Kier alpha value is -3.57. The SMILES string of the molecule is CCn1nc(C)cc1-c1nc(-c2cc(C(N)=O)cc3c2cnn3[C@H](C)CN2CCOCC2)n[nH]1. The van der Waals surface area contributed by atoms with Crippen LogP contribution in [0.2, 0.25) is 0 Å². The average molecular weight is 464 g/mol. The predicted molar refractivity (Wildman–Crippen MR) is 127 cm³/mol. The van der Waals surface area contributed by atoms with Crippen LogP contribution < -0.4 is 5.73 Å². The maximum Gasteiger partial charge on any atom is 0.248 e. The molecule has 0 aliphatic carbocycles. The number of aromatic amines is 1. The van der Waals surface area contributed by atoms with Crippen molar-refractivity contribution in [1.29, 1.82) is 0 Å². The van der Waals surface area contributed by atoms with Crippen molar-refractivity contribution in [3.05, 3.63) is 35.7 Å². The van der Waals surface area contributed by atoms with Crippen LogP contribution in [-0.2, 0) is 11.3 Å². The van der Waals surface area contributed by atoms with Crippen molar-refractivity contribution in [2.24, 2.45) is 5.73 Å². The number of carbonyl (C=O) groups excluding carboxylic acids is 1. The number of benzene rings is 1. The number of amides is 1. The molecule has 11 nitrogen and oxygen atoms in total. The van der Waals surface area contributed by atoms with Gasteiger partial charge in [-0.25, -0.2) is 4.98 Å². The molecule has 178 valence electrons. The summed E-state index contributed by atoms with van der Waals surface area (Å²) in [6.45, 7) is 10.9. The van der Waals surface area contributed by atoms with Gasteiger partial charge in [0.25, 0.3) is 0 Å². The van der Waals surface area contributed by atoms with E-state index in [1.165, 1.54) is 0 Å². The van der Waals surface area contributed by atoms with Crippen LogP contribution in [0.1, 0.15) is 35.9 Å². The molecule has 11 heteroatoms. The number of aromatic nitrogens is 7. The van der Waals surface area contributed by atoms with Crippen molar-refractivity contribution in [1.82, 2.24) is 39.6 Å². The summed E-state index contributed by atoms with van der Waals surface area (Å²) >= 11 is 0. The van der Waals surface area contributed by atoms with E-state index in [0.717, 1.165) is 55.1 Å². The Morgan fingerprint density at radius 3 is 2.79 bits per heavy atom. The number of H-pyrrole nitrogens is 1. The maximum atomic E-state index is 12.2. The highest BCUT2D eigenvalue weighted by atomic mass is 16.5. The van der Waals surface area contributed by atoms with Crippen LogP contribution in [0.4, 0.5) is 0 Å². The first-order valence-electron chi connectivity index (χ1n) is 11.5. The smallest absolute Gasteiger partial charge is 0.248 e. The first-order valence-corrected chi connectivity index (χ1v) is 11.5. The van der Waals surface area contributed by atoms with Crippen molar-refractivity contribution in [2.45, 2.75) is 33.4 Å². The topological polar surface area (TPSA) is 133 Å². The Labute approximate surface area is 196 Å². The van der Waals surface area contributed by atoms with Crippen molar-refractivity contribution in [2.75, 3.05) is 32.8 Å². The minimum absolute atomic E-state index is 0.0937. The van der Waals surface area contributed by atoms with Gasteiger partial charge in [0.15, 0.2) is 11.6 Å². The summed E-state index contributed by atoms with van der Waals surface area (Å²) in [5.74, 6) is 0.584. The van der Waals surface area contributed by atoms with Crippen LogP contribution in [0.15, 0.2) is 24.4 Å². The molecule has 3 aromatic heterocycles. The fourth-order valence-electron chi connectivity index (χ4n) is 4.53. The minimum Gasteiger partial charge on any atom is -0.379 e. The molecule has 0 unspecified atom stereocenters. The summed E-state index contributed by atoms with van der Waals surface area (Å²) in [5.41, 5.74) is 9.37. The number of nitrogens with two attached hydrogens (primary N) is 1. The van der Waals surface area contributed by atoms with Crippen LogP contribution in [0.5, 0.6) is 0 Å². The highest BCUT2D eigenvalue weighted by Crippen LogP contribution is 2.31. The van der Waals surface area contributed by atoms with Gasteiger partial charge < -0.3 is 10.5 Å². The zero-order valence-electron chi connectivity index (χ0n) is 19.7. The van der Waals surface area contributed by atoms with Crippen molar-refractivity contribution in [3.8, 4) is 22.9 Å². The van der Waals surface area contributed by atoms with Gasteiger partial charge in [0.1, 0.15) is 5.69 Å². The van der Waals surface area contributed by atoms with Crippen LogP contribution in [0, 0.1) is 6.92 Å². The minimum atomic E-state index is -0.507. The van der Waals surface area contributed by atoms with Gasteiger partial charge in [0.2, 0.25) is 5.91 Å². The number of fused-ring (bicyclic) bond motifs is 1. The molecule has 0 radical (unpaired) electrons. The van der Waals surface area contributed by atoms with Crippen LogP contribution >= 0.6 is 0 Å². The number of morpholine rings is 1. The number of nitrogens with zero attached hydrogens (tertiary/aromatic N) is 7. The molecule has 0 saturated carbocycles. The van der Waals surface area contributed by atoms with Gasteiger partial charge in [0, 0.05) is 42.7 Å². The van der Waals surface area contributed by atoms with E-state index in [4.69, 9.17) is 15.5 Å². The quantitative estimate of drug-likeness (QED) is 0.428. The first kappa shape index (κ1) is 22.2. The van der Waals surface area contributed by atoms with Crippen LogP contribution in [-0.4, -0.2) is 78.4 Å². The lowest BCUT2D eigenvalue weighted by Gasteiger charge is -2.29. The lowest BCUT2D eigenvalue weighted by molar-refractivity contribution is 0.0321. The van der Waals surface area contributed by atoms with Gasteiger partial charge in [-0.05, 0) is 39.0 Å². The molecule has 1 amide bonds. The van der Waals surface area contributed by atoms with Gasteiger partial charge >= 0.3 is 0 Å². The number of primary amides is 1. The van der Waals surface area contributed by atoms with Crippen LogP contribution in [0.25, 0.3) is 33.8 Å². The molecule has 0 bridgehead atoms. The summed E-state index contributed by atoms with van der Waals surface area (Å²) in [5, 5.41) is 17.5. The maximum absolute atomic E-state index is 12.2. The van der Waals surface area contributed by atoms with Gasteiger partial charge in [0.05, 0.1) is 36.7 Å². The Balaban J connectivity index is 1.55. The predicted octanol–water partition coefficient (Wildman–Crippen LogP) is 2.01. The van der Waals surface area contributed by atoms with E-state index in [1.54, 1.807) is 12.1 Å². The molecular formula is C23H29N9O2. The summed E-state index contributed by atoms with van der Waals surface area (Å²) in [7, 11) is 0. The van der Waals surface area contributed by atoms with E-state index in [-0.39, 0.29) is 6.04 Å². The van der Waals surface area contributed by atoms with Crippen molar-refractivity contribution < 1.29 is 9.53 Å². The Kier molecular flexibility index (Phi) is 5.88. The van der Waals surface area contributed by atoms with E-state index in [1.807, 2.05) is 35.5 Å². The molecule has 34 heavy (non-hydrogen) atoms. The third-order valence-electron chi connectivity index (χ3n) is 6.21. The number of carbonyl (C=O) groups is 1. The zero-order chi connectivity index (χ0) is 23.8. The van der Waals surface area contributed by atoms with E-state index >= 15 is 0 Å². The van der Waals surface area contributed by atoms with E-state index in [9.17, 15) is 4.79 Å². The molecule has 4 aromatic rings. The molecule has 1 saturated heterocycles. The Bertz CT molecular complexity index is 1330. The third kappa shape index (κ3) is 4.08. The molecule has 0 spiro atoms. The highest BCUT2D eigenvalue weighted by molar-refractivity contribution is 6.02. The van der Waals surface area contributed by atoms with Gasteiger partial charge in [-0.3, -0.25) is 24.2 Å². The second-order valence-electron chi connectivity index (χ2n) is 8.67. The van der Waals surface area contributed by atoms with E-state index < -0.39 is 5.91 Å². The van der Waals surface area contributed by atoms with Gasteiger partial charge in [-0.15, -0.1) is 0 Å². The summed E-state index contributed by atoms with van der Waals surface area (Å²) < 4.78 is 9.28. The number of rotatable bonds is 7. The van der Waals surface area contributed by atoms with Crippen molar-refractivity contribution in [3.63, 3.8) is 0 Å². The number of nitrogens with one attached hydrogen (secondary N) is 1. The lowest BCUT2D eigenvalue weighted by Crippen LogP contribution is -2.39. The number of hydrogen-bond acceptors (Lipinski definition) is 7. The number of hydrogen-bond donors (Lipinski definition) is 2. The summed E-state index contributed by atoms with van der Waals surface area (Å²) in [4.78, 5) is 19.3. The monoisotopic (exact) mass is 463 g/mol. The summed E-state index contributed by atoms with van der Waals surface area (Å²) in [6.07, 6.45) is 1.81. The molecule has 1 fully saturated rings. The van der Waals surface area contributed by atoms with Gasteiger partial charge in [-0.2, -0.15) is 15.3 Å². The van der Waals surface area contributed by atoms with Crippen molar-refractivity contribution >= 4 is 16.8 Å². The molecule has 5 rings (SSSR count). The molecular weight excluding hydrogens is 434 g/mol. The van der Waals surface area contributed by atoms with Gasteiger partial charge in [-0.1, -0.05) is 0 Å². The number of aryl methyl sites for hydroxylation is 2. The fourth-order valence-corrected chi connectivity index (χ4v) is 4.53. The average Bonchev–Trinajstić information content (AvgIpc) is 3.56. The largest absolute Gasteiger partial charge is 0.379 e. The molecule has 3 N–H and O–H groups in total. The van der Waals surface area contributed by atoms with Crippen LogP contribution in [0.3, 0.4) is 0 Å². The third-order valence-corrected chi connectivity index (χ3v) is 6.21. The molecule has 1 aliphatic heterocycles.